The Balaban J connectivity index is 2.19. The third-order valence-electron chi connectivity index (χ3n) is 10.4. The lowest BCUT2D eigenvalue weighted by atomic mass is 9.90. The van der Waals surface area contributed by atoms with Crippen molar-refractivity contribution in [2.45, 2.75) is 123 Å². The van der Waals surface area contributed by atoms with Gasteiger partial charge in [0.05, 0.1) is 54.8 Å². The molecule has 0 aliphatic carbocycles. The molecule has 1 aliphatic heterocycles. The molecule has 0 aromatic heterocycles. The molecule has 1 saturated heterocycles. The van der Waals surface area contributed by atoms with Crippen molar-refractivity contribution >= 4 is 23.6 Å². The second-order valence-electron chi connectivity index (χ2n) is 14.6. The van der Waals surface area contributed by atoms with Crippen LogP contribution < -0.4 is 10.6 Å². The van der Waals surface area contributed by atoms with Gasteiger partial charge in [-0.05, 0) is 58.2 Å². The average molecular weight is 704 g/mol. The van der Waals surface area contributed by atoms with Gasteiger partial charge in [-0.25, -0.2) is 0 Å². The highest BCUT2D eigenvalue weighted by Crippen LogP contribution is 2.30. The van der Waals surface area contributed by atoms with Gasteiger partial charge in [0.2, 0.25) is 23.6 Å². The normalized spacial score (nSPS) is 20.3. The number of rotatable bonds is 19. The molecule has 1 heterocycles. The molecule has 1 fully saturated rings. The zero-order valence-corrected chi connectivity index (χ0v) is 32.5. The van der Waals surface area contributed by atoms with Crippen LogP contribution in [0.4, 0.5) is 0 Å². The summed E-state index contributed by atoms with van der Waals surface area (Å²) in [6.45, 7) is 13.8. The van der Waals surface area contributed by atoms with Gasteiger partial charge < -0.3 is 35.0 Å². The van der Waals surface area contributed by atoms with Crippen LogP contribution in [0, 0.1) is 17.8 Å². The molecule has 0 radical (unpaired) electrons. The molecule has 50 heavy (non-hydrogen) atoms. The van der Waals surface area contributed by atoms with Crippen molar-refractivity contribution < 1.29 is 33.8 Å². The number of amides is 4. The first-order valence-electron chi connectivity index (χ1n) is 18.1. The largest absolute Gasteiger partial charge is 0.386 e. The van der Waals surface area contributed by atoms with Crippen LogP contribution in [0.3, 0.4) is 0 Å². The van der Waals surface area contributed by atoms with E-state index in [9.17, 15) is 24.3 Å². The van der Waals surface area contributed by atoms with Crippen molar-refractivity contribution in [2.75, 3.05) is 41.9 Å². The first-order valence-corrected chi connectivity index (χ1v) is 18.1. The number of hydrogen-bond donors (Lipinski definition) is 3. The van der Waals surface area contributed by atoms with Crippen LogP contribution in [0.25, 0.3) is 0 Å². The maximum atomic E-state index is 14.0. The molecule has 4 amide bonds. The number of methoxy groups -OCH3 is 2. The molecule has 1 aromatic carbocycles. The topological polar surface area (TPSA) is 141 Å². The van der Waals surface area contributed by atoms with Crippen LogP contribution >= 0.6 is 0 Å². The predicted molar refractivity (Wildman–Crippen MR) is 195 cm³/mol. The Bertz CT molecular complexity index is 1220. The lowest BCUT2D eigenvalue weighted by Crippen LogP contribution is -2.57. The van der Waals surface area contributed by atoms with Gasteiger partial charge in [-0.1, -0.05) is 71.4 Å². The number of aliphatic hydroxyl groups is 1. The van der Waals surface area contributed by atoms with Gasteiger partial charge in [0, 0.05) is 27.8 Å². The van der Waals surface area contributed by atoms with Gasteiger partial charge >= 0.3 is 0 Å². The maximum absolute atomic E-state index is 14.0. The van der Waals surface area contributed by atoms with E-state index in [0.29, 0.717) is 18.5 Å². The van der Waals surface area contributed by atoms with Crippen molar-refractivity contribution in [1.82, 2.24) is 25.3 Å². The number of ether oxygens (including phenoxy) is 2. The van der Waals surface area contributed by atoms with Crippen LogP contribution in [0.15, 0.2) is 30.3 Å². The molecule has 284 valence electrons. The summed E-state index contributed by atoms with van der Waals surface area (Å²) in [5, 5.41) is 16.6. The molecule has 1 aromatic rings. The molecule has 0 spiro atoms. The van der Waals surface area contributed by atoms with Crippen LogP contribution in [0.5, 0.6) is 0 Å². The Morgan fingerprint density at radius 3 is 2.08 bits per heavy atom. The Kier molecular flexibility index (Phi) is 17.3. The highest BCUT2D eigenvalue weighted by molar-refractivity contribution is 5.89. The minimum Gasteiger partial charge on any atom is -0.386 e. The van der Waals surface area contributed by atoms with E-state index in [1.807, 2.05) is 77.0 Å². The fraction of sp³-hybridized carbons (Fsp3) is 0.737. The van der Waals surface area contributed by atoms with E-state index in [2.05, 4.69) is 10.6 Å². The number of nitrogens with zero attached hydrogens (tertiary/aromatic N) is 3. The Morgan fingerprint density at radius 2 is 1.56 bits per heavy atom. The number of carbonyl (C=O) groups excluding carboxylic acids is 4. The minimum absolute atomic E-state index is 0.00664. The molecule has 10 atom stereocenters. The number of benzene rings is 1. The van der Waals surface area contributed by atoms with Crippen molar-refractivity contribution in [3.05, 3.63) is 35.9 Å². The number of hydrogen-bond acceptors (Lipinski definition) is 8. The fourth-order valence-electron chi connectivity index (χ4n) is 7.48. The van der Waals surface area contributed by atoms with Crippen LogP contribution in [0.2, 0.25) is 0 Å². The van der Waals surface area contributed by atoms with Gasteiger partial charge in [-0.3, -0.25) is 24.1 Å². The van der Waals surface area contributed by atoms with Gasteiger partial charge in [0.15, 0.2) is 0 Å². The number of likely N-dealkylation sites (tertiary alicyclic amines) is 1. The van der Waals surface area contributed by atoms with E-state index < -0.39 is 42.4 Å². The minimum atomic E-state index is -0.874. The smallest absolute Gasteiger partial charge is 0.244 e. The van der Waals surface area contributed by atoms with Crippen molar-refractivity contribution in [2.24, 2.45) is 17.8 Å². The maximum Gasteiger partial charge on any atom is 0.244 e. The summed E-state index contributed by atoms with van der Waals surface area (Å²) in [7, 11) is 8.50. The number of carbonyl (C=O) groups is 4. The standard InChI is InChI=1S/C38H65N5O7/c1-13-24(4)33(42(10)38(48)27(7)40-37(47)32(23(2)3)41(8)9)30(49-11)22-31(44)43-21-17-20-29(43)35(50-12)25(5)36(46)39-26(6)34(45)28-18-15-14-16-19-28/h14-16,18-19,23-27,29-30,32-35,45H,13,17,20-22H2,1-12H3,(H,39,46)(H,40,47)/t24?,25-,26-,27+,29+,30-,32+,33+,34-,35-/m1/s1. The molecule has 12 nitrogen and oxygen atoms in total. The SMILES string of the molecule is CCC(C)[C@@H]([C@@H](CC(=O)N1CCC[C@H]1[C@H](OC)[C@@H](C)C(=O)N[C@H](C)[C@@H](O)c1ccccc1)OC)N(C)C(=O)[C@H](C)NC(=O)[C@H](C(C)C)N(C)C. The average Bonchev–Trinajstić information content (AvgIpc) is 3.56. The third kappa shape index (κ3) is 11.0. The van der Waals surface area contributed by atoms with Gasteiger partial charge in [-0.2, -0.15) is 0 Å². The number of likely N-dealkylation sites (N-methyl/N-ethyl adjacent to an activating group) is 2. The summed E-state index contributed by atoms with van der Waals surface area (Å²) in [5.74, 6) is -1.42. The van der Waals surface area contributed by atoms with E-state index in [-0.39, 0.29) is 54.0 Å². The summed E-state index contributed by atoms with van der Waals surface area (Å²) < 4.78 is 11.8. The summed E-state index contributed by atoms with van der Waals surface area (Å²) in [6.07, 6.45) is 0.170. The van der Waals surface area contributed by atoms with Crippen LogP contribution in [-0.4, -0.2) is 128 Å². The lowest BCUT2D eigenvalue weighted by molar-refractivity contribution is -0.147. The monoisotopic (exact) mass is 703 g/mol. The van der Waals surface area contributed by atoms with Crippen molar-refractivity contribution in [3.63, 3.8) is 0 Å². The van der Waals surface area contributed by atoms with Crippen LogP contribution in [0.1, 0.15) is 85.8 Å². The van der Waals surface area contributed by atoms with E-state index >= 15 is 0 Å². The van der Waals surface area contributed by atoms with Gasteiger partial charge in [0.25, 0.3) is 0 Å². The summed E-state index contributed by atoms with van der Waals surface area (Å²) in [5.41, 5.74) is 0.711. The summed E-state index contributed by atoms with van der Waals surface area (Å²) in [6, 6.07) is 6.72. The van der Waals surface area contributed by atoms with Crippen molar-refractivity contribution in [3.8, 4) is 0 Å². The van der Waals surface area contributed by atoms with E-state index in [1.54, 1.807) is 51.8 Å². The second kappa shape index (κ2) is 20.1. The van der Waals surface area contributed by atoms with Gasteiger partial charge in [0.1, 0.15) is 6.04 Å². The Morgan fingerprint density at radius 1 is 0.940 bits per heavy atom. The molecular weight excluding hydrogens is 638 g/mol. The lowest BCUT2D eigenvalue weighted by Gasteiger charge is -2.40. The Labute approximate surface area is 300 Å². The predicted octanol–water partition coefficient (Wildman–Crippen LogP) is 3.24. The Hall–Kier alpha value is -3.06. The van der Waals surface area contributed by atoms with E-state index in [0.717, 1.165) is 12.8 Å². The molecule has 0 bridgehead atoms. The molecular formula is C38H65N5O7. The first-order chi connectivity index (χ1) is 23.5. The second-order valence-corrected chi connectivity index (χ2v) is 14.6. The molecule has 3 N–H and O–H groups in total. The van der Waals surface area contributed by atoms with E-state index in [1.165, 1.54) is 0 Å². The highest BCUT2D eigenvalue weighted by Gasteiger charge is 2.42. The number of aliphatic hydroxyl groups excluding tert-OH is 1. The molecule has 2 rings (SSSR count). The molecule has 1 aliphatic rings. The third-order valence-corrected chi connectivity index (χ3v) is 10.4. The van der Waals surface area contributed by atoms with E-state index in [4.69, 9.17) is 9.47 Å². The molecule has 12 heteroatoms. The first kappa shape index (κ1) is 43.1. The zero-order valence-electron chi connectivity index (χ0n) is 32.5. The number of nitrogens with one attached hydrogen (secondary N) is 2. The van der Waals surface area contributed by atoms with Crippen molar-refractivity contribution in [1.29, 1.82) is 0 Å². The molecule has 1 unspecified atom stereocenters. The quantitative estimate of drug-likeness (QED) is 0.200. The fourth-order valence-corrected chi connectivity index (χ4v) is 7.48. The highest BCUT2D eigenvalue weighted by atomic mass is 16.5. The molecule has 0 saturated carbocycles. The zero-order chi connectivity index (χ0) is 37.9. The van der Waals surface area contributed by atoms with Crippen LogP contribution in [-0.2, 0) is 28.7 Å². The van der Waals surface area contributed by atoms with Gasteiger partial charge in [-0.15, -0.1) is 0 Å². The summed E-state index contributed by atoms with van der Waals surface area (Å²) in [4.78, 5) is 59.6. The summed E-state index contributed by atoms with van der Waals surface area (Å²) >= 11 is 0.